The number of hydrogen-bond acceptors (Lipinski definition) is 3. The third-order valence-electron chi connectivity index (χ3n) is 7.38. The van der Waals surface area contributed by atoms with Gasteiger partial charge >= 0.3 is 0 Å². The highest BCUT2D eigenvalue weighted by Crippen LogP contribution is 2.37. The average molecular weight is 499 g/mol. The van der Waals surface area contributed by atoms with Gasteiger partial charge in [-0.05, 0) is 42.5 Å². The van der Waals surface area contributed by atoms with E-state index in [4.69, 9.17) is 4.74 Å². The van der Waals surface area contributed by atoms with Crippen molar-refractivity contribution in [2.24, 2.45) is 5.41 Å². The molecule has 1 saturated heterocycles. The highest BCUT2D eigenvalue weighted by molar-refractivity contribution is 5.84. The van der Waals surface area contributed by atoms with Gasteiger partial charge in [0, 0.05) is 38.5 Å². The quantitative estimate of drug-likeness (QED) is 0.349. The van der Waals surface area contributed by atoms with Gasteiger partial charge in [0.25, 0.3) is 0 Å². The first-order chi connectivity index (χ1) is 18.0. The van der Waals surface area contributed by atoms with Crippen molar-refractivity contribution in [3.8, 4) is 5.75 Å². The summed E-state index contributed by atoms with van der Waals surface area (Å²) in [6, 6.07) is 29.8. The van der Waals surface area contributed by atoms with Crippen molar-refractivity contribution in [1.29, 1.82) is 0 Å². The first-order valence-electron chi connectivity index (χ1n) is 13.3. The number of benzene rings is 3. The van der Waals surface area contributed by atoms with Gasteiger partial charge in [0.1, 0.15) is 5.75 Å². The molecule has 0 spiro atoms. The zero-order chi connectivity index (χ0) is 26.1. The monoisotopic (exact) mass is 498 g/mol. The number of likely N-dealkylation sites (tertiary alicyclic amines) is 1. The maximum atomic E-state index is 13.7. The molecule has 3 aromatic rings. The molecule has 2 atom stereocenters. The van der Waals surface area contributed by atoms with E-state index in [-0.39, 0.29) is 17.7 Å². The number of amides is 2. The van der Waals surface area contributed by atoms with E-state index in [2.05, 4.69) is 6.92 Å². The normalized spacial score (nSPS) is 18.2. The number of carbonyl (C=O) groups excluding carboxylic acids is 2. The summed E-state index contributed by atoms with van der Waals surface area (Å²) in [7, 11) is 1.86. The van der Waals surface area contributed by atoms with E-state index in [1.54, 1.807) is 4.90 Å². The number of carbonyl (C=O) groups is 2. The second-order valence-corrected chi connectivity index (χ2v) is 10.2. The minimum absolute atomic E-state index is 0.0740. The molecule has 4 rings (SSSR count). The van der Waals surface area contributed by atoms with Gasteiger partial charge in [-0.3, -0.25) is 9.59 Å². The maximum Gasteiger partial charge on any atom is 0.230 e. The van der Waals surface area contributed by atoms with Crippen LogP contribution in [-0.2, 0) is 16.1 Å². The van der Waals surface area contributed by atoms with Gasteiger partial charge in [0.05, 0.1) is 12.5 Å². The number of hydrogen-bond donors (Lipinski definition) is 0. The Morgan fingerprint density at radius 3 is 2.22 bits per heavy atom. The lowest BCUT2D eigenvalue weighted by Crippen LogP contribution is -2.51. The number of piperidine rings is 1. The van der Waals surface area contributed by atoms with Crippen molar-refractivity contribution in [1.82, 2.24) is 9.80 Å². The number of ether oxygens (including phenoxy) is 1. The Bertz CT molecular complexity index is 1140. The Labute approximate surface area is 221 Å². The highest BCUT2D eigenvalue weighted by atomic mass is 16.5. The molecule has 3 aromatic carbocycles. The molecule has 194 valence electrons. The summed E-state index contributed by atoms with van der Waals surface area (Å²) in [4.78, 5) is 31.0. The number of nitrogens with zero attached hydrogens (tertiary/aromatic N) is 2. The zero-order valence-corrected chi connectivity index (χ0v) is 22.0. The van der Waals surface area contributed by atoms with E-state index in [1.165, 1.54) is 0 Å². The Balaban J connectivity index is 1.52. The molecule has 5 nitrogen and oxygen atoms in total. The summed E-state index contributed by atoms with van der Waals surface area (Å²) in [5.74, 6) is 0.821. The second-order valence-electron chi connectivity index (χ2n) is 10.2. The number of para-hydroxylation sites is 1. The Morgan fingerprint density at radius 1 is 0.946 bits per heavy atom. The van der Waals surface area contributed by atoms with E-state index in [9.17, 15) is 9.59 Å². The zero-order valence-electron chi connectivity index (χ0n) is 22.0. The Hall–Kier alpha value is -3.60. The molecular formula is C32H38N2O3. The molecule has 5 heteroatoms. The summed E-state index contributed by atoms with van der Waals surface area (Å²) in [6.07, 6.45) is 2.78. The van der Waals surface area contributed by atoms with E-state index < -0.39 is 5.41 Å². The number of rotatable bonds is 10. The van der Waals surface area contributed by atoms with Crippen molar-refractivity contribution in [3.63, 3.8) is 0 Å². The molecule has 0 saturated carbocycles. The maximum absolute atomic E-state index is 13.7. The minimum Gasteiger partial charge on any atom is -0.493 e. The van der Waals surface area contributed by atoms with Gasteiger partial charge in [-0.1, -0.05) is 85.8 Å². The Kier molecular flexibility index (Phi) is 8.99. The molecule has 1 heterocycles. The summed E-state index contributed by atoms with van der Waals surface area (Å²) in [6.45, 7) is 4.25. The average Bonchev–Trinajstić information content (AvgIpc) is 2.94. The molecule has 0 bridgehead atoms. The van der Waals surface area contributed by atoms with Crippen LogP contribution in [0.4, 0.5) is 0 Å². The van der Waals surface area contributed by atoms with E-state index in [1.807, 2.05) is 103 Å². The van der Waals surface area contributed by atoms with Gasteiger partial charge in [-0.25, -0.2) is 0 Å². The van der Waals surface area contributed by atoms with Gasteiger partial charge < -0.3 is 14.5 Å². The fraction of sp³-hybridized carbons (Fsp3) is 0.375. The molecule has 0 aromatic heterocycles. The van der Waals surface area contributed by atoms with Crippen LogP contribution in [0.5, 0.6) is 5.75 Å². The highest BCUT2D eigenvalue weighted by Gasteiger charge is 2.41. The molecule has 37 heavy (non-hydrogen) atoms. The van der Waals surface area contributed by atoms with Crippen molar-refractivity contribution in [2.45, 2.75) is 45.1 Å². The first kappa shape index (κ1) is 26.5. The molecule has 1 fully saturated rings. The molecule has 1 aliphatic rings. The smallest absolute Gasteiger partial charge is 0.230 e. The first-order valence-corrected chi connectivity index (χ1v) is 13.3. The van der Waals surface area contributed by atoms with Gasteiger partial charge in [0.15, 0.2) is 0 Å². The molecule has 0 radical (unpaired) electrons. The SMILES string of the molecule is CC[C@@H](C(=O)N1CCC[C@](COc2ccccc2)(CC(=O)N(C)Cc2ccccc2)C1)c1ccccc1. The summed E-state index contributed by atoms with van der Waals surface area (Å²) >= 11 is 0. The molecule has 0 unspecified atom stereocenters. The van der Waals surface area contributed by atoms with E-state index in [0.29, 0.717) is 32.7 Å². The summed E-state index contributed by atoms with van der Waals surface area (Å²) in [5.41, 5.74) is 1.70. The van der Waals surface area contributed by atoms with Crippen LogP contribution in [0, 0.1) is 5.41 Å². The fourth-order valence-electron chi connectivity index (χ4n) is 5.32. The van der Waals surface area contributed by atoms with Crippen molar-refractivity contribution >= 4 is 11.8 Å². The van der Waals surface area contributed by atoms with Crippen LogP contribution in [0.2, 0.25) is 0 Å². The third kappa shape index (κ3) is 7.00. The lowest BCUT2D eigenvalue weighted by molar-refractivity contribution is -0.142. The van der Waals surface area contributed by atoms with Crippen LogP contribution in [-0.4, -0.2) is 48.4 Å². The lowest BCUT2D eigenvalue weighted by Gasteiger charge is -2.43. The van der Waals surface area contributed by atoms with Crippen molar-refractivity contribution < 1.29 is 14.3 Å². The van der Waals surface area contributed by atoms with Crippen LogP contribution in [0.15, 0.2) is 91.0 Å². The molecule has 0 N–H and O–H groups in total. The molecule has 1 aliphatic heterocycles. The molecule has 2 amide bonds. The standard InChI is InChI=1S/C32H38N2O3/c1-3-29(27-16-9-5-10-17-27)31(36)34-21-13-20-32(24-34,25-37-28-18-11-6-12-19-28)22-30(35)33(2)23-26-14-7-4-8-15-26/h4-12,14-19,29H,3,13,20-25H2,1-2H3/t29-,32+/m1/s1. The predicted octanol–water partition coefficient (Wildman–Crippen LogP) is 5.92. The van der Waals surface area contributed by atoms with E-state index in [0.717, 1.165) is 36.1 Å². The topological polar surface area (TPSA) is 49.9 Å². The third-order valence-corrected chi connectivity index (χ3v) is 7.38. The lowest BCUT2D eigenvalue weighted by atomic mass is 9.76. The van der Waals surface area contributed by atoms with Crippen LogP contribution >= 0.6 is 0 Å². The molecular weight excluding hydrogens is 460 g/mol. The predicted molar refractivity (Wildman–Crippen MR) is 147 cm³/mol. The van der Waals surface area contributed by atoms with Crippen LogP contribution in [0.3, 0.4) is 0 Å². The Morgan fingerprint density at radius 2 is 1.57 bits per heavy atom. The van der Waals surface area contributed by atoms with Gasteiger partial charge in [-0.2, -0.15) is 0 Å². The van der Waals surface area contributed by atoms with Crippen LogP contribution < -0.4 is 4.74 Å². The second kappa shape index (κ2) is 12.6. The summed E-state index contributed by atoms with van der Waals surface area (Å²) in [5, 5.41) is 0. The largest absolute Gasteiger partial charge is 0.493 e. The summed E-state index contributed by atoms with van der Waals surface area (Å²) < 4.78 is 6.24. The van der Waals surface area contributed by atoms with Gasteiger partial charge in [-0.15, -0.1) is 0 Å². The fourth-order valence-corrected chi connectivity index (χ4v) is 5.32. The molecule has 0 aliphatic carbocycles. The van der Waals surface area contributed by atoms with Gasteiger partial charge in [0.2, 0.25) is 11.8 Å². The minimum atomic E-state index is -0.444. The van der Waals surface area contributed by atoms with Crippen LogP contribution in [0.1, 0.15) is 49.7 Å². The van der Waals surface area contributed by atoms with Crippen LogP contribution in [0.25, 0.3) is 0 Å². The van der Waals surface area contributed by atoms with Crippen molar-refractivity contribution in [2.75, 3.05) is 26.7 Å². The van der Waals surface area contributed by atoms with Crippen molar-refractivity contribution in [3.05, 3.63) is 102 Å². The van der Waals surface area contributed by atoms with E-state index >= 15 is 0 Å².